The highest BCUT2D eigenvalue weighted by atomic mass is 35.5. The summed E-state index contributed by atoms with van der Waals surface area (Å²) in [6, 6.07) is 11.5. The summed E-state index contributed by atoms with van der Waals surface area (Å²) >= 11 is 6.52. The molecule has 0 spiro atoms. The van der Waals surface area contributed by atoms with Gasteiger partial charge in [-0.15, -0.1) is 0 Å². The van der Waals surface area contributed by atoms with Gasteiger partial charge >= 0.3 is 0 Å². The molecule has 0 bridgehead atoms. The van der Waals surface area contributed by atoms with Gasteiger partial charge in [-0.2, -0.15) is 0 Å². The fraction of sp³-hybridized carbons (Fsp3) is 0.636. The first-order valence-electron chi connectivity index (χ1n) is 14.5. The molecule has 2 saturated carbocycles. The maximum absolute atomic E-state index is 11.2. The normalized spacial score (nSPS) is 30.1. The predicted octanol–water partition coefficient (Wildman–Crippen LogP) is 7.93. The van der Waals surface area contributed by atoms with E-state index in [0.717, 1.165) is 50.0 Å². The number of benzene rings is 2. The average molecular weight is 509 g/mol. The zero-order chi connectivity index (χ0) is 25.4. The molecule has 0 saturated heterocycles. The molecule has 2 aromatic carbocycles. The van der Waals surface area contributed by atoms with Gasteiger partial charge in [0.05, 0.1) is 12.2 Å². The maximum atomic E-state index is 11.2. The summed E-state index contributed by atoms with van der Waals surface area (Å²) in [6.07, 6.45) is 12.0. The van der Waals surface area contributed by atoms with Crippen molar-refractivity contribution in [2.45, 2.75) is 110 Å². The smallest absolute Gasteiger partial charge is 0.0571 e. The fourth-order valence-corrected chi connectivity index (χ4v) is 8.24. The van der Waals surface area contributed by atoms with E-state index in [1.165, 1.54) is 59.1 Å². The highest BCUT2D eigenvalue weighted by molar-refractivity contribution is 6.30. The van der Waals surface area contributed by atoms with Crippen LogP contribution in [0.4, 0.5) is 0 Å². The van der Waals surface area contributed by atoms with Crippen molar-refractivity contribution in [3.05, 3.63) is 68.7 Å². The van der Waals surface area contributed by atoms with Crippen molar-refractivity contribution >= 4 is 11.6 Å². The quantitative estimate of drug-likeness (QED) is 0.430. The number of rotatable bonds is 5. The molecule has 0 radical (unpaired) electrons. The third kappa shape index (κ3) is 5.57. The van der Waals surface area contributed by atoms with Crippen LogP contribution in [0.15, 0.2) is 30.3 Å². The first-order chi connectivity index (χ1) is 17.3. The molecule has 0 amide bonds. The van der Waals surface area contributed by atoms with Crippen molar-refractivity contribution in [1.29, 1.82) is 0 Å². The van der Waals surface area contributed by atoms with Gasteiger partial charge in [0.15, 0.2) is 0 Å². The Morgan fingerprint density at radius 1 is 0.833 bits per heavy atom. The van der Waals surface area contributed by atoms with Crippen LogP contribution in [0.3, 0.4) is 0 Å². The molecule has 0 heterocycles. The lowest BCUT2D eigenvalue weighted by Crippen LogP contribution is -2.31. The molecule has 2 fully saturated rings. The minimum absolute atomic E-state index is 0.170. The molecule has 3 aliphatic rings. The molecule has 2 aromatic rings. The summed E-state index contributed by atoms with van der Waals surface area (Å²) in [7, 11) is 0. The first-order valence-corrected chi connectivity index (χ1v) is 14.9. The molecule has 3 unspecified atom stereocenters. The number of aliphatic hydroxyl groups excluding tert-OH is 2. The molecule has 0 aromatic heterocycles. The van der Waals surface area contributed by atoms with E-state index in [1.54, 1.807) is 0 Å². The molecule has 3 aliphatic carbocycles. The molecule has 3 heteroatoms. The van der Waals surface area contributed by atoms with E-state index in [9.17, 15) is 10.2 Å². The summed E-state index contributed by atoms with van der Waals surface area (Å²) in [5, 5.41) is 22.0. The lowest BCUT2D eigenvalue weighted by molar-refractivity contribution is 0.0341. The zero-order valence-electron chi connectivity index (χ0n) is 22.5. The topological polar surface area (TPSA) is 40.5 Å². The SMILES string of the molecule is Cc1ccc2c(c1)CCc1cc(Cl)cc(C)c1C2C1CCC(C(O)CC2CCC(C(C)O)CC2)CC1. The van der Waals surface area contributed by atoms with Crippen LogP contribution in [0.25, 0.3) is 0 Å². The van der Waals surface area contributed by atoms with Gasteiger partial charge in [0.25, 0.3) is 0 Å². The zero-order valence-corrected chi connectivity index (χ0v) is 23.2. The summed E-state index contributed by atoms with van der Waals surface area (Å²) in [5.41, 5.74) is 8.70. The fourth-order valence-electron chi connectivity index (χ4n) is 7.95. The minimum Gasteiger partial charge on any atom is -0.393 e. The third-order valence-electron chi connectivity index (χ3n) is 10.0. The van der Waals surface area contributed by atoms with E-state index >= 15 is 0 Å². The second-order valence-corrected chi connectivity index (χ2v) is 12.9. The second kappa shape index (κ2) is 11.2. The molecule has 3 atom stereocenters. The van der Waals surface area contributed by atoms with Crippen molar-refractivity contribution in [1.82, 2.24) is 0 Å². The van der Waals surface area contributed by atoms with Crippen molar-refractivity contribution in [3.8, 4) is 0 Å². The molecule has 2 N–H and O–H groups in total. The Balaban J connectivity index is 1.30. The Morgan fingerprint density at radius 3 is 2.19 bits per heavy atom. The lowest BCUT2D eigenvalue weighted by Gasteiger charge is -2.38. The molecule has 36 heavy (non-hydrogen) atoms. The number of hydrogen-bond donors (Lipinski definition) is 2. The monoisotopic (exact) mass is 508 g/mol. The summed E-state index contributed by atoms with van der Waals surface area (Å²) < 4.78 is 0. The van der Waals surface area contributed by atoms with Crippen LogP contribution in [-0.4, -0.2) is 22.4 Å². The van der Waals surface area contributed by atoms with E-state index < -0.39 is 0 Å². The minimum atomic E-state index is -0.186. The largest absolute Gasteiger partial charge is 0.393 e. The number of fused-ring (bicyclic) bond motifs is 2. The standard InChI is InChI=1S/C33H45ClO2/c1-20-4-15-30-27(16-20)13-14-28-19-29(34)17-21(2)32(28)33(30)26-11-9-25(10-12-26)31(36)18-23-5-7-24(8-6-23)22(3)35/h4,15-17,19,22-26,31,33,35-36H,5-14,18H2,1-3H3. The Hall–Kier alpha value is -1.35. The van der Waals surface area contributed by atoms with Crippen LogP contribution in [0, 0.1) is 37.5 Å². The maximum Gasteiger partial charge on any atom is 0.0571 e. The van der Waals surface area contributed by atoms with Gasteiger partial charge in [0.2, 0.25) is 0 Å². The Kier molecular flexibility index (Phi) is 8.15. The van der Waals surface area contributed by atoms with Crippen molar-refractivity contribution in [2.75, 3.05) is 0 Å². The van der Waals surface area contributed by atoms with Gasteiger partial charge in [-0.05, 0) is 155 Å². The van der Waals surface area contributed by atoms with Crippen LogP contribution >= 0.6 is 11.6 Å². The summed E-state index contributed by atoms with van der Waals surface area (Å²) in [4.78, 5) is 0. The number of hydrogen-bond acceptors (Lipinski definition) is 2. The molecular weight excluding hydrogens is 464 g/mol. The third-order valence-corrected chi connectivity index (χ3v) is 10.2. The van der Waals surface area contributed by atoms with Crippen LogP contribution < -0.4 is 0 Å². The Morgan fingerprint density at radius 2 is 1.50 bits per heavy atom. The second-order valence-electron chi connectivity index (χ2n) is 12.5. The lowest BCUT2D eigenvalue weighted by atomic mass is 9.67. The van der Waals surface area contributed by atoms with Crippen molar-refractivity contribution < 1.29 is 10.2 Å². The van der Waals surface area contributed by atoms with E-state index in [1.807, 2.05) is 6.92 Å². The number of halogens is 1. The summed E-state index contributed by atoms with van der Waals surface area (Å²) in [5.74, 6) is 2.58. The predicted molar refractivity (Wildman–Crippen MR) is 150 cm³/mol. The molecule has 0 aliphatic heterocycles. The summed E-state index contributed by atoms with van der Waals surface area (Å²) in [6.45, 7) is 6.39. The van der Waals surface area contributed by atoms with Gasteiger partial charge in [-0.1, -0.05) is 35.4 Å². The number of aryl methyl sites for hydroxylation is 4. The molecule has 196 valence electrons. The average Bonchev–Trinajstić information content (AvgIpc) is 3.01. The molecule has 5 rings (SSSR count). The van der Waals surface area contributed by atoms with Crippen LogP contribution in [0.2, 0.25) is 5.02 Å². The molecule has 2 nitrogen and oxygen atoms in total. The van der Waals surface area contributed by atoms with Crippen LogP contribution in [-0.2, 0) is 12.8 Å². The Bertz CT molecular complexity index is 1040. The van der Waals surface area contributed by atoms with Crippen LogP contribution in [0.5, 0.6) is 0 Å². The van der Waals surface area contributed by atoms with Gasteiger partial charge in [0.1, 0.15) is 0 Å². The van der Waals surface area contributed by atoms with Crippen molar-refractivity contribution in [3.63, 3.8) is 0 Å². The van der Waals surface area contributed by atoms with Crippen LogP contribution in [0.1, 0.15) is 104 Å². The van der Waals surface area contributed by atoms with Gasteiger partial charge in [-0.3, -0.25) is 0 Å². The van der Waals surface area contributed by atoms with E-state index in [4.69, 9.17) is 11.6 Å². The number of aliphatic hydroxyl groups is 2. The first kappa shape index (κ1) is 26.3. The highest BCUT2D eigenvalue weighted by Gasteiger charge is 2.37. The highest BCUT2D eigenvalue weighted by Crippen LogP contribution is 2.48. The Labute approximate surface area is 223 Å². The van der Waals surface area contributed by atoms with E-state index in [0.29, 0.717) is 29.6 Å². The molecular formula is C33H45ClO2. The van der Waals surface area contributed by atoms with Gasteiger partial charge < -0.3 is 10.2 Å². The van der Waals surface area contributed by atoms with Gasteiger partial charge in [-0.25, -0.2) is 0 Å². The van der Waals surface area contributed by atoms with Crippen molar-refractivity contribution in [2.24, 2.45) is 23.7 Å². The van der Waals surface area contributed by atoms with Gasteiger partial charge in [0, 0.05) is 10.9 Å². The van der Waals surface area contributed by atoms with E-state index in [2.05, 4.69) is 44.2 Å². The van der Waals surface area contributed by atoms with E-state index in [-0.39, 0.29) is 12.2 Å².